The first kappa shape index (κ1) is 16.2. The molecule has 21 heavy (non-hydrogen) atoms. The minimum Gasteiger partial charge on any atom is -0.437 e. The highest BCUT2D eigenvalue weighted by Crippen LogP contribution is 2.36. The monoisotopic (exact) mass is 413 g/mol. The van der Waals surface area contributed by atoms with E-state index in [9.17, 15) is 0 Å². The minimum absolute atomic E-state index is 0.353. The molecule has 2 rings (SSSR count). The number of benzene rings is 1. The van der Waals surface area contributed by atoms with Gasteiger partial charge in [0.2, 0.25) is 5.88 Å². The fourth-order valence-electron chi connectivity index (χ4n) is 1.88. The Labute approximate surface area is 141 Å². The van der Waals surface area contributed by atoms with Gasteiger partial charge in [-0.05, 0) is 52.5 Å². The third-order valence-corrected chi connectivity index (χ3v) is 4.11. The van der Waals surface area contributed by atoms with Crippen LogP contribution in [0.15, 0.2) is 33.5 Å². The summed E-state index contributed by atoms with van der Waals surface area (Å²) in [6.07, 6.45) is 1.49. The molecule has 0 aliphatic carbocycles. The van der Waals surface area contributed by atoms with Gasteiger partial charge in [-0.2, -0.15) is 0 Å². The van der Waals surface area contributed by atoms with Crippen molar-refractivity contribution in [2.45, 2.75) is 26.7 Å². The van der Waals surface area contributed by atoms with E-state index in [1.54, 1.807) is 0 Å². The standard InChI is InChI=1S/C15H17Br2N3O/c1-4-18-14-13(17)15(20-8-19-14)21-12-6-5-10(16)7-11(12)9(2)3/h5-9H,4H2,1-3H3,(H,18,19,20). The number of hydrogen-bond donors (Lipinski definition) is 1. The lowest BCUT2D eigenvalue weighted by Crippen LogP contribution is -2.03. The third kappa shape index (κ3) is 3.95. The molecule has 0 saturated carbocycles. The first-order valence-corrected chi connectivity index (χ1v) is 8.33. The van der Waals surface area contributed by atoms with Crippen molar-refractivity contribution in [3.8, 4) is 11.6 Å². The fraction of sp³-hybridized carbons (Fsp3) is 0.333. The zero-order chi connectivity index (χ0) is 15.4. The zero-order valence-electron chi connectivity index (χ0n) is 12.2. The molecule has 112 valence electrons. The molecule has 4 nitrogen and oxygen atoms in total. The average molecular weight is 415 g/mol. The predicted molar refractivity (Wildman–Crippen MR) is 92.2 cm³/mol. The lowest BCUT2D eigenvalue weighted by Gasteiger charge is -2.15. The summed E-state index contributed by atoms with van der Waals surface area (Å²) in [5.41, 5.74) is 1.12. The van der Waals surface area contributed by atoms with Gasteiger partial charge >= 0.3 is 0 Å². The molecule has 1 N–H and O–H groups in total. The number of hydrogen-bond acceptors (Lipinski definition) is 4. The van der Waals surface area contributed by atoms with Gasteiger partial charge in [-0.25, -0.2) is 9.97 Å². The number of rotatable bonds is 5. The molecular weight excluding hydrogens is 398 g/mol. The van der Waals surface area contributed by atoms with Gasteiger partial charge in [-0.3, -0.25) is 0 Å². The van der Waals surface area contributed by atoms with Crippen molar-refractivity contribution in [3.05, 3.63) is 39.0 Å². The summed E-state index contributed by atoms with van der Waals surface area (Å²) in [6, 6.07) is 5.97. The average Bonchev–Trinajstić information content (AvgIpc) is 2.45. The lowest BCUT2D eigenvalue weighted by atomic mass is 10.0. The molecule has 0 spiro atoms. The summed E-state index contributed by atoms with van der Waals surface area (Å²) in [5, 5.41) is 3.16. The Morgan fingerprint density at radius 1 is 1.24 bits per heavy atom. The Kier molecular flexibility index (Phi) is 5.58. The highest BCUT2D eigenvalue weighted by molar-refractivity contribution is 9.11. The Balaban J connectivity index is 2.36. The van der Waals surface area contributed by atoms with Crippen LogP contribution in [0.5, 0.6) is 11.6 Å². The molecule has 2 aromatic rings. The van der Waals surface area contributed by atoms with Crippen LogP contribution in [0.1, 0.15) is 32.3 Å². The van der Waals surface area contributed by atoms with E-state index in [0.717, 1.165) is 32.6 Å². The summed E-state index contributed by atoms with van der Waals surface area (Å²) in [7, 11) is 0. The molecule has 0 bridgehead atoms. The van der Waals surface area contributed by atoms with Crippen molar-refractivity contribution in [1.29, 1.82) is 0 Å². The van der Waals surface area contributed by atoms with Crippen molar-refractivity contribution in [2.24, 2.45) is 0 Å². The molecule has 0 radical (unpaired) electrons. The van der Waals surface area contributed by atoms with Crippen LogP contribution in [-0.2, 0) is 0 Å². The van der Waals surface area contributed by atoms with E-state index in [1.165, 1.54) is 6.33 Å². The van der Waals surface area contributed by atoms with Gasteiger partial charge in [0.05, 0.1) is 0 Å². The minimum atomic E-state index is 0.353. The van der Waals surface area contributed by atoms with Gasteiger partial charge in [-0.1, -0.05) is 29.8 Å². The number of halogens is 2. The van der Waals surface area contributed by atoms with Crippen LogP contribution in [-0.4, -0.2) is 16.5 Å². The van der Waals surface area contributed by atoms with Gasteiger partial charge in [0.15, 0.2) is 0 Å². The van der Waals surface area contributed by atoms with Crippen LogP contribution >= 0.6 is 31.9 Å². The summed E-state index contributed by atoms with van der Waals surface area (Å²) in [5.74, 6) is 2.39. The number of aromatic nitrogens is 2. The Bertz CT molecular complexity index is 632. The van der Waals surface area contributed by atoms with E-state index >= 15 is 0 Å². The van der Waals surface area contributed by atoms with E-state index in [2.05, 4.69) is 67.1 Å². The number of nitrogens with zero attached hydrogens (tertiary/aromatic N) is 2. The largest absolute Gasteiger partial charge is 0.437 e. The Morgan fingerprint density at radius 3 is 2.67 bits per heavy atom. The van der Waals surface area contributed by atoms with Gasteiger partial charge in [0.1, 0.15) is 22.4 Å². The second-order valence-corrected chi connectivity index (χ2v) is 6.52. The molecule has 0 aliphatic rings. The van der Waals surface area contributed by atoms with Crippen LogP contribution in [0.25, 0.3) is 0 Å². The van der Waals surface area contributed by atoms with Crippen LogP contribution in [0, 0.1) is 0 Å². The van der Waals surface area contributed by atoms with E-state index in [0.29, 0.717) is 11.8 Å². The van der Waals surface area contributed by atoms with E-state index in [-0.39, 0.29) is 0 Å². The molecule has 1 aromatic heterocycles. The van der Waals surface area contributed by atoms with Crippen LogP contribution in [0.4, 0.5) is 5.82 Å². The quantitative estimate of drug-likeness (QED) is 0.716. The van der Waals surface area contributed by atoms with Crippen LogP contribution in [0.3, 0.4) is 0 Å². The van der Waals surface area contributed by atoms with Crippen molar-refractivity contribution < 1.29 is 4.74 Å². The SMILES string of the molecule is CCNc1ncnc(Oc2ccc(Br)cc2C(C)C)c1Br. The van der Waals surface area contributed by atoms with E-state index < -0.39 is 0 Å². The molecule has 1 heterocycles. The van der Waals surface area contributed by atoms with Gasteiger partial charge < -0.3 is 10.1 Å². The summed E-state index contributed by atoms with van der Waals surface area (Å²) in [4.78, 5) is 8.39. The molecule has 0 unspecified atom stereocenters. The second kappa shape index (κ2) is 7.22. The van der Waals surface area contributed by atoms with Crippen molar-refractivity contribution >= 4 is 37.7 Å². The highest BCUT2D eigenvalue weighted by atomic mass is 79.9. The first-order chi connectivity index (χ1) is 10.0. The smallest absolute Gasteiger partial charge is 0.238 e. The zero-order valence-corrected chi connectivity index (χ0v) is 15.3. The van der Waals surface area contributed by atoms with E-state index in [4.69, 9.17) is 4.74 Å². The number of nitrogens with one attached hydrogen (secondary N) is 1. The van der Waals surface area contributed by atoms with Crippen LogP contribution in [0.2, 0.25) is 0 Å². The molecule has 1 aromatic carbocycles. The number of anilines is 1. The first-order valence-electron chi connectivity index (χ1n) is 6.74. The summed E-state index contributed by atoms with van der Waals surface area (Å²) < 4.78 is 7.75. The summed E-state index contributed by atoms with van der Waals surface area (Å²) in [6.45, 7) is 7.06. The van der Waals surface area contributed by atoms with Gasteiger partial charge in [-0.15, -0.1) is 0 Å². The molecule has 0 atom stereocenters. The molecular formula is C15H17Br2N3O. The maximum atomic E-state index is 5.98. The van der Waals surface area contributed by atoms with Crippen molar-refractivity contribution in [1.82, 2.24) is 9.97 Å². The second-order valence-electron chi connectivity index (χ2n) is 4.81. The predicted octanol–water partition coefficient (Wildman–Crippen LogP) is 5.35. The molecule has 0 amide bonds. The molecule has 0 saturated heterocycles. The third-order valence-electron chi connectivity index (χ3n) is 2.90. The molecule has 0 fully saturated rings. The summed E-state index contributed by atoms with van der Waals surface area (Å²) >= 11 is 6.99. The van der Waals surface area contributed by atoms with Gasteiger partial charge in [0, 0.05) is 11.0 Å². The van der Waals surface area contributed by atoms with Crippen LogP contribution < -0.4 is 10.1 Å². The Hall–Kier alpha value is -1.14. The topological polar surface area (TPSA) is 47.0 Å². The maximum Gasteiger partial charge on any atom is 0.238 e. The highest BCUT2D eigenvalue weighted by Gasteiger charge is 2.14. The Morgan fingerprint density at radius 2 is 2.00 bits per heavy atom. The maximum absolute atomic E-state index is 5.98. The van der Waals surface area contributed by atoms with E-state index in [1.807, 2.05) is 19.1 Å². The number of ether oxygens (including phenoxy) is 1. The fourth-order valence-corrected chi connectivity index (χ4v) is 2.69. The van der Waals surface area contributed by atoms with Crippen molar-refractivity contribution in [2.75, 3.05) is 11.9 Å². The van der Waals surface area contributed by atoms with Gasteiger partial charge in [0.25, 0.3) is 0 Å². The lowest BCUT2D eigenvalue weighted by molar-refractivity contribution is 0.450. The van der Waals surface area contributed by atoms with Crippen molar-refractivity contribution in [3.63, 3.8) is 0 Å². The molecule has 6 heteroatoms. The normalized spacial score (nSPS) is 10.8. The molecule has 0 aliphatic heterocycles.